The van der Waals surface area contributed by atoms with Crippen LogP contribution in [0, 0.1) is 5.92 Å². The summed E-state index contributed by atoms with van der Waals surface area (Å²) < 4.78 is 5.14. The molecule has 2 atom stereocenters. The summed E-state index contributed by atoms with van der Waals surface area (Å²) in [5, 5.41) is 13.6. The zero-order valence-electron chi connectivity index (χ0n) is 11.8. The number of hydrogen-bond donors (Lipinski definition) is 1. The second-order valence-electron chi connectivity index (χ2n) is 5.71. The first-order valence-electron chi connectivity index (χ1n) is 6.89. The van der Waals surface area contributed by atoms with E-state index in [9.17, 15) is 9.90 Å². The highest BCUT2D eigenvalue weighted by molar-refractivity contribution is 5.92. The molecule has 1 aliphatic carbocycles. The van der Waals surface area contributed by atoms with Gasteiger partial charge in [-0.1, -0.05) is 25.4 Å². The monoisotopic (exact) mass is 266 g/mol. The molecule has 1 N–H and O–H groups in total. The quantitative estimate of drug-likeness (QED) is 0.905. The van der Waals surface area contributed by atoms with Crippen LogP contribution in [0.1, 0.15) is 55.3 Å². The lowest BCUT2D eigenvalue weighted by Crippen LogP contribution is -2.34. The van der Waals surface area contributed by atoms with Gasteiger partial charge in [0.25, 0.3) is 5.91 Å². The molecule has 0 spiro atoms. The minimum absolute atomic E-state index is 0.144. The Hall–Kier alpha value is -1.36. The standard InChI is InChI=1S/C14H22N2O3/c1-9(2)13-7-11(15-19-13)14(18)16(3)8-10-5-4-6-12(10)17/h7,9-10,12,17H,4-6,8H2,1-3H3. The second kappa shape index (κ2) is 5.74. The fraction of sp³-hybridized carbons (Fsp3) is 0.714. The fourth-order valence-electron chi connectivity index (χ4n) is 2.52. The van der Waals surface area contributed by atoms with Crippen molar-refractivity contribution in [3.8, 4) is 0 Å². The predicted molar refractivity (Wildman–Crippen MR) is 70.9 cm³/mol. The van der Waals surface area contributed by atoms with Crippen molar-refractivity contribution in [3.05, 3.63) is 17.5 Å². The third-order valence-corrected chi connectivity index (χ3v) is 3.79. The maximum Gasteiger partial charge on any atom is 0.275 e. The summed E-state index contributed by atoms with van der Waals surface area (Å²) in [7, 11) is 1.75. The van der Waals surface area contributed by atoms with Crippen LogP contribution in [-0.4, -0.2) is 40.8 Å². The molecule has 5 nitrogen and oxygen atoms in total. The summed E-state index contributed by atoms with van der Waals surface area (Å²) in [6.45, 7) is 4.56. The van der Waals surface area contributed by atoms with Crippen LogP contribution in [-0.2, 0) is 0 Å². The molecule has 2 rings (SSSR count). The summed E-state index contributed by atoms with van der Waals surface area (Å²) >= 11 is 0. The lowest BCUT2D eigenvalue weighted by molar-refractivity contribution is 0.0684. The van der Waals surface area contributed by atoms with Gasteiger partial charge in [-0.25, -0.2) is 0 Å². The molecule has 0 saturated heterocycles. The summed E-state index contributed by atoms with van der Waals surface area (Å²) in [5.41, 5.74) is 0.346. The SMILES string of the molecule is CC(C)c1cc(C(=O)N(C)CC2CCCC2O)no1. The van der Waals surface area contributed by atoms with Gasteiger partial charge in [0, 0.05) is 31.5 Å². The van der Waals surface area contributed by atoms with E-state index < -0.39 is 0 Å². The topological polar surface area (TPSA) is 66.6 Å². The molecule has 1 aliphatic rings. The van der Waals surface area contributed by atoms with Gasteiger partial charge in [-0.05, 0) is 12.8 Å². The molecule has 1 saturated carbocycles. The average Bonchev–Trinajstić information content (AvgIpc) is 2.98. The van der Waals surface area contributed by atoms with E-state index in [1.807, 2.05) is 13.8 Å². The number of hydrogen-bond acceptors (Lipinski definition) is 4. The van der Waals surface area contributed by atoms with Crippen molar-refractivity contribution >= 4 is 5.91 Å². The summed E-state index contributed by atoms with van der Waals surface area (Å²) in [6.07, 6.45) is 2.58. The van der Waals surface area contributed by atoms with E-state index >= 15 is 0 Å². The molecule has 1 heterocycles. The van der Waals surface area contributed by atoms with E-state index in [1.165, 1.54) is 0 Å². The van der Waals surface area contributed by atoms with Crippen LogP contribution in [0.3, 0.4) is 0 Å². The highest BCUT2D eigenvalue weighted by atomic mass is 16.5. The van der Waals surface area contributed by atoms with Gasteiger partial charge in [0.2, 0.25) is 0 Å². The normalized spacial score (nSPS) is 23.0. The van der Waals surface area contributed by atoms with Crippen LogP contribution in [0.4, 0.5) is 0 Å². The third kappa shape index (κ3) is 3.15. The predicted octanol–water partition coefficient (Wildman–Crippen LogP) is 2.03. The van der Waals surface area contributed by atoms with Crippen LogP contribution < -0.4 is 0 Å². The zero-order valence-corrected chi connectivity index (χ0v) is 11.8. The Labute approximate surface area is 113 Å². The molecular weight excluding hydrogens is 244 g/mol. The van der Waals surface area contributed by atoms with Crippen LogP contribution >= 0.6 is 0 Å². The Bertz CT molecular complexity index is 442. The summed E-state index contributed by atoms with van der Waals surface area (Å²) in [5.74, 6) is 0.980. The third-order valence-electron chi connectivity index (χ3n) is 3.79. The Morgan fingerprint density at radius 1 is 1.58 bits per heavy atom. The molecule has 1 fully saturated rings. The van der Waals surface area contributed by atoms with Crippen molar-refractivity contribution in [1.82, 2.24) is 10.1 Å². The minimum Gasteiger partial charge on any atom is -0.393 e. The number of rotatable bonds is 4. The maximum atomic E-state index is 12.2. The highest BCUT2D eigenvalue weighted by Crippen LogP contribution is 2.26. The smallest absolute Gasteiger partial charge is 0.275 e. The molecule has 0 radical (unpaired) electrons. The molecule has 0 aromatic carbocycles. The van der Waals surface area contributed by atoms with Crippen LogP contribution in [0.2, 0.25) is 0 Å². The van der Waals surface area contributed by atoms with E-state index in [0.717, 1.165) is 25.0 Å². The fourth-order valence-corrected chi connectivity index (χ4v) is 2.52. The van der Waals surface area contributed by atoms with E-state index in [2.05, 4.69) is 5.16 Å². The number of nitrogens with zero attached hydrogens (tertiary/aromatic N) is 2. The molecule has 2 unspecified atom stereocenters. The van der Waals surface area contributed by atoms with Gasteiger partial charge in [0.1, 0.15) is 5.76 Å². The molecular formula is C14H22N2O3. The van der Waals surface area contributed by atoms with E-state index in [-0.39, 0.29) is 23.8 Å². The first-order valence-corrected chi connectivity index (χ1v) is 6.89. The molecule has 1 amide bonds. The maximum absolute atomic E-state index is 12.2. The Kier molecular flexibility index (Phi) is 4.24. The van der Waals surface area contributed by atoms with Crippen LogP contribution in [0.25, 0.3) is 0 Å². The Balaban J connectivity index is 1.97. The Morgan fingerprint density at radius 2 is 2.32 bits per heavy atom. The molecule has 5 heteroatoms. The highest BCUT2D eigenvalue weighted by Gasteiger charge is 2.28. The van der Waals surface area contributed by atoms with Crippen molar-refractivity contribution in [1.29, 1.82) is 0 Å². The van der Waals surface area contributed by atoms with Gasteiger partial charge < -0.3 is 14.5 Å². The number of amides is 1. The molecule has 19 heavy (non-hydrogen) atoms. The number of aliphatic hydroxyl groups excluding tert-OH is 1. The molecule has 0 bridgehead atoms. The van der Waals surface area contributed by atoms with Crippen molar-refractivity contribution < 1.29 is 14.4 Å². The molecule has 0 aliphatic heterocycles. The van der Waals surface area contributed by atoms with E-state index in [0.29, 0.717) is 12.2 Å². The largest absolute Gasteiger partial charge is 0.393 e. The van der Waals surface area contributed by atoms with Gasteiger partial charge in [-0.2, -0.15) is 0 Å². The number of aliphatic hydroxyl groups is 1. The molecule has 1 aromatic heterocycles. The van der Waals surface area contributed by atoms with Gasteiger partial charge in [0.05, 0.1) is 6.10 Å². The average molecular weight is 266 g/mol. The van der Waals surface area contributed by atoms with Gasteiger partial charge in [-0.15, -0.1) is 0 Å². The van der Waals surface area contributed by atoms with Crippen LogP contribution in [0.5, 0.6) is 0 Å². The minimum atomic E-state index is -0.279. The van der Waals surface area contributed by atoms with Gasteiger partial charge in [0.15, 0.2) is 5.69 Å². The van der Waals surface area contributed by atoms with E-state index in [1.54, 1.807) is 18.0 Å². The van der Waals surface area contributed by atoms with Gasteiger partial charge in [-0.3, -0.25) is 4.79 Å². The molecule has 1 aromatic rings. The van der Waals surface area contributed by atoms with Crippen molar-refractivity contribution in [3.63, 3.8) is 0 Å². The molecule has 106 valence electrons. The first-order chi connectivity index (χ1) is 8.99. The van der Waals surface area contributed by atoms with Crippen molar-refractivity contribution in [2.45, 2.75) is 45.1 Å². The number of carbonyl (C=O) groups excluding carboxylic acids is 1. The van der Waals surface area contributed by atoms with Crippen LogP contribution in [0.15, 0.2) is 10.6 Å². The first kappa shape index (κ1) is 14.1. The van der Waals surface area contributed by atoms with E-state index in [4.69, 9.17) is 4.52 Å². The number of aromatic nitrogens is 1. The Morgan fingerprint density at radius 3 is 2.84 bits per heavy atom. The lowest BCUT2D eigenvalue weighted by Gasteiger charge is -2.22. The zero-order chi connectivity index (χ0) is 14.0. The summed E-state index contributed by atoms with van der Waals surface area (Å²) in [6, 6.07) is 1.70. The van der Waals surface area contributed by atoms with Gasteiger partial charge >= 0.3 is 0 Å². The second-order valence-corrected chi connectivity index (χ2v) is 5.71. The lowest BCUT2D eigenvalue weighted by atomic mass is 10.1. The van der Waals surface area contributed by atoms with Crippen molar-refractivity contribution in [2.24, 2.45) is 5.92 Å². The van der Waals surface area contributed by atoms with Crippen molar-refractivity contribution in [2.75, 3.05) is 13.6 Å². The summed E-state index contributed by atoms with van der Waals surface area (Å²) in [4.78, 5) is 13.8. The number of carbonyl (C=O) groups is 1.